The minimum Gasteiger partial charge on any atom is -0.497 e. The van der Waals surface area contributed by atoms with Crippen molar-refractivity contribution in [2.24, 2.45) is 11.3 Å². The maximum atomic E-state index is 12.5. The van der Waals surface area contributed by atoms with Gasteiger partial charge in [-0.15, -0.1) is 0 Å². The second-order valence-corrected chi connectivity index (χ2v) is 8.04. The first kappa shape index (κ1) is 19.0. The first-order chi connectivity index (χ1) is 11.7. The Hall–Kier alpha value is -2.30. The van der Waals surface area contributed by atoms with E-state index in [4.69, 9.17) is 4.74 Å². The number of nitrogens with one attached hydrogen (secondary N) is 2. The van der Waals surface area contributed by atoms with Crippen LogP contribution < -0.4 is 10.1 Å². The van der Waals surface area contributed by atoms with Gasteiger partial charge in [-0.2, -0.15) is 5.10 Å². The van der Waals surface area contributed by atoms with Gasteiger partial charge in [-0.25, -0.2) is 0 Å². The van der Waals surface area contributed by atoms with Crippen molar-refractivity contribution in [1.29, 1.82) is 0 Å². The summed E-state index contributed by atoms with van der Waals surface area (Å²) in [4.78, 5) is 12.5. The van der Waals surface area contributed by atoms with Crippen LogP contribution >= 0.6 is 0 Å². The highest BCUT2D eigenvalue weighted by atomic mass is 16.5. The maximum Gasteiger partial charge on any atom is 0.225 e. The molecule has 0 spiro atoms. The van der Waals surface area contributed by atoms with E-state index in [-0.39, 0.29) is 11.3 Å². The number of rotatable bonds is 6. The first-order valence-corrected chi connectivity index (χ1v) is 8.71. The average Bonchev–Trinajstić information content (AvgIpc) is 2.87. The third kappa shape index (κ3) is 5.34. The van der Waals surface area contributed by atoms with Crippen molar-refractivity contribution in [2.75, 3.05) is 12.4 Å². The Morgan fingerprint density at radius 3 is 2.40 bits per heavy atom. The molecule has 0 saturated heterocycles. The molecule has 1 heterocycles. The lowest BCUT2D eigenvalue weighted by atomic mass is 9.92. The Balaban J connectivity index is 2.35. The molecule has 0 fully saturated rings. The summed E-state index contributed by atoms with van der Waals surface area (Å²) in [7, 11) is 1.64. The molecule has 1 aromatic carbocycles. The van der Waals surface area contributed by atoms with Gasteiger partial charge in [0.15, 0.2) is 0 Å². The van der Waals surface area contributed by atoms with Crippen LogP contribution in [0.5, 0.6) is 5.75 Å². The predicted molar refractivity (Wildman–Crippen MR) is 102 cm³/mol. The number of aromatic amines is 1. The number of hydrogen-bond acceptors (Lipinski definition) is 3. The minimum atomic E-state index is -0.0632. The molecule has 0 aliphatic heterocycles. The molecule has 0 aliphatic carbocycles. The van der Waals surface area contributed by atoms with Gasteiger partial charge < -0.3 is 10.1 Å². The second-order valence-electron chi connectivity index (χ2n) is 8.04. The van der Waals surface area contributed by atoms with Crippen molar-refractivity contribution in [3.8, 4) is 17.0 Å². The second kappa shape index (κ2) is 7.72. The van der Waals surface area contributed by atoms with Gasteiger partial charge in [0.2, 0.25) is 5.91 Å². The molecule has 0 aliphatic rings. The van der Waals surface area contributed by atoms with E-state index >= 15 is 0 Å². The summed E-state index contributed by atoms with van der Waals surface area (Å²) < 4.78 is 5.21. The van der Waals surface area contributed by atoms with Crippen LogP contribution in [0.1, 0.15) is 46.7 Å². The molecular weight excluding hydrogens is 314 g/mol. The van der Waals surface area contributed by atoms with Crippen LogP contribution in [0.25, 0.3) is 11.3 Å². The van der Waals surface area contributed by atoms with E-state index in [1.807, 2.05) is 24.3 Å². The van der Waals surface area contributed by atoms with Crippen LogP contribution in [-0.4, -0.2) is 23.2 Å². The average molecular weight is 343 g/mol. The zero-order valence-corrected chi connectivity index (χ0v) is 16.1. The van der Waals surface area contributed by atoms with E-state index in [9.17, 15) is 4.79 Å². The molecule has 0 bridgehead atoms. The SMILES string of the molecule is COc1ccc(-c2n[nH]c(CC(C)C)c2NC(=O)CC(C)(C)C)cc1. The number of carbonyl (C=O) groups is 1. The molecule has 2 N–H and O–H groups in total. The molecule has 136 valence electrons. The normalized spacial score (nSPS) is 11.6. The molecule has 1 amide bonds. The van der Waals surface area contributed by atoms with Gasteiger partial charge in [-0.05, 0) is 42.0 Å². The molecule has 1 aromatic heterocycles. The van der Waals surface area contributed by atoms with E-state index in [1.165, 1.54) is 0 Å². The number of amides is 1. The lowest BCUT2D eigenvalue weighted by Gasteiger charge is -2.18. The van der Waals surface area contributed by atoms with Crippen molar-refractivity contribution in [2.45, 2.75) is 47.5 Å². The fourth-order valence-electron chi connectivity index (χ4n) is 2.69. The van der Waals surface area contributed by atoms with Crippen LogP contribution in [-0.2, 0) is 11.2 Å². The fraction of sp³-hybridized carbons (Fsp3) is 0.500. The van der Waals surface area contributed by atoms with Crippen molar-refractivity contribution in [3.63, 3.8) is 0 Å². The summed E-state index contributed by atoms with van der Waals surface area (Å²) in [6.07, 6.45) is 1.29. The summed E-state index contributed by atoms with van der Waals surface area (Å²) in [5.74, 6) is 1.26. The molecule has 25 heavy (non-hydrogen) atoms. The molecule has 0 saturated carbocycles. The van der Waals surface area contributed by atoms with Gasteiger partial charge in [0.05, 0.1) is 18.5 Å². The summed E-state index contributed by atoms with van der Waals surface area (Å²) in [5.41, 5.74) is 3.39. The van der Waals surface area contributed by atoms with Crippen LogP contribution in [0.3, 0.4) is 0 Å². The van der Waals surface area contributed by atoms with Crippen LogP contribution in [0.15, 0.2) is 24.3 Å². The fourth-order valence-corrected chi connectivity index (χ4v) is 2.69. The van der Waals surface area contributed by atoms with Gasteiger partial charge in [-0.3, -0.25) is 9.89 Å². The molecule has 5 heteroatoms. The van der Waals surface area contributed by atoms with Crippen molar-refractivity contribution in [1.82, 2.24) is 10.2 Å². The van der Waals surface area contributed by atoms with Crippen molar-refractivity contribution < 1.29 is 9.53 Å². The lowest BCUT2D eigenvalue weighted by molar-refractivity contribution is -0.117. The smallest absolute Gasteiger partial charge is 0.225 e. The van der Waals surface area contributed by atoms with E-state index in [2.05, 4.69) is 50.1 Å². The van der Waals surface area contributed by atoms with Crippen LogP contribution in [0.4, 0.5) is 5.69 Å². The number of carbonyl (C=O) groups excluding carboxylic acids is 1. The van der Waals surface area contributed by atoms with E-state index in [0.29, 0.717) is 12.3 Å². The van der Waals surface area contributed by atoms with Gasteiger partial charge in [-0.1, -0.05) is 34.6 Å². The number of ether oxygens (including phenoxy) is 1. The van der Waals surface area contributed by atoms with Crippen LogP contribution in [0.2, 0.25) is 0 Å². The first-order valence-electron chi connectivity index (χ1n) is 8.71. The van der Waals surface area contributed by atoms with E-state index in [0.717, 1.165) is 34.8 Å². The van der Waals surface area contributed by atoms with Crippen LogP contribution in [0, 0.1) is 11.3 Å². The highest BCUT2D eigenvalue weighted by Crippen LogP contribution is 2.32. The molecule has 2 rings (SSSR count). The lowest BCUT2D eigenvalue weighted by Crippen LogP contribution is -2.20. The number of methoxy groups -OCH3 is 1. The quantitative estimate of drug-likeness (QED) is 0.801. The predicted octanol–water partition coefficient (Wildman–Crippen LogP) is 4.66. The summed E-state index contributed by atoms with van der Waals surface area (Å²) in [6.45, 7) is 10.5. The number of aromatic nitrogens is 2. The zero-order chi connectivity index (χ0) is 18.6. The largest absolute Gasteiger partial charge is 0.497 e. The zero-order valence-electron chi connectivity index (χ0n) is 16.1. The molecule has 0 atom stereocenters. The molecular formula is C20H29N3O2. The van der Waals surface area contributed by atoms with E-state index in [1.54, 1.807) is 7.11 Å². The highest BCUT2D eigenvalue weighted by molar-refractivity contribution is 5.95. The Kier molecular flexibility index (Phi) is 5.88. The monoisotopic (exact) mass is 343 g/mol. The third-order valence-electron chi connectivity index (χ3n) is 3.77. The number of benzene rings is 1. The van der Waals surface area contributed by atoms with Crippen molar-refractivity contribution >= 4 is 11.6 Å². The Labute approximate surface area is 150 Å². The summed E-state index contributed by atoms with van der Waals surface area (Å²) in [6, 6.07) is 7.70. The van der Waals surface area contributed by atoms with Crippen molar-refractivity contribution in [3.05, 3.63) is 30.0 Å². The van der Waals surface area contributed by atoms with Gasteiger partial charge >= 0.3 is 0 Å². The molecule has 0 unspecified atom stereocenters. The molecule has 5 nitrogen and oxygen atoms in total. The Bertz CT molecular complexity index is 710. The van der Waals surface area contributed by atoms with Gasteiger partial charge in [0.25, 0.3) is 0 Å². The maximum absolute atomic E-state index is 12.5. The molecule has 0 radical (unpaired) electrons. The Morgan fingerprint density at radius 1 is 1.24 bits per heavy atom. The Morgan fingerprint density at radius 2 is 1.88 bits per heavy atom. The van der Waals surface area contributed by atoms with Gasteiger partial charge in [0, 0.05) is 12.0 Å². The topological polar surface area (TPSA) is 67.0 Å². The van der Waals surface area contributed by atoms with Gasteiger partial charge in [0.1, 0.15) is 11.4 Å². The highest BCUT2D eigenvalue weighted by Gasteiger charge is 2.21. The third-order valence-corrected chi connectivity index (χ3v) is 3.77. The molecule has 2 aromatic rings. The van der Waals surface area contributed by atoms with E-state index < -0.39 is 0 Å². The summed E-state index contributed by atoms with van der Waals surface area (Å²) >= 11 is 0. The number of nitrogens with zero attached hydrogens (tertiary/aromatic N) is 1. The number of H-pyrrole nitrogens is 1. The minimum absolute atomic E-state index is 0.00803. The number of hydrogen-bond donors (Lipinski definition) is 2. The standard InChI is InChI=1S/C20H29N3O2/c1-13(2)11-16-19(21-17(24)12-20(3,4)5)18(23-22-16)14-7-9-15(25-6)10-8-14/h7-10,13H,11-12H2,1-6H3,(H,21,24)(H,22,23). The number of anilines is 1. The summed E-state index contributed by atoms with van der Waals surface area (Å²) in [5, 5.41) is 10.7.